The number of pyridine rings is 1. The lowest BCUT2D eigenvalue weighted by atomic mass is 9.97. The number of unbranched alkanes of at least 4 members (excludes halogenated alkanes) is 1. The van der Waals surface area contributed by atoms with Gasteiger partial charge in [-0.1, -0.05) is 38.1 Å². The van der Waals surface area contributed by atoms with Crippen molar-refractivity contribution in [3.05, 3.63) is 83.1 Å². The number of amides is 1. The molecule has 8 heteroatoms. The first-order valence-corrected chi connectivity index (χ1v) is 12.2. The third-order valence-electron chi connectivity index (χ3n) is 6.34. The van der Waals surface area contributed by atoms with Gasteiger partial charge in [-0.3, -0.25) is 14.4 Å². The zero-order valence-corrected chi connectivity index (χ0v) is 20.8. The van der Waals surface area contributed by atoms with Gasteiger partial charge in [0.15, 0.2) is 11.6 Å². The molecular weight excluding hydrogens is 472 g/mol. The average molecular weight is 501 g/mol. The Labute approximate surface area is 214 Å². The van der Waals surface area contributed by atoms with Gasteiger partial charge in [-0.05, 0) is 43.7 Å². The Hall–Kier alpha value is -4.33. The number of fused-ring (bicyclic) bond motifs is 2. The highest BCUT2D eigenvalue weighted by Gasteiger charge is 2.42. The Morgan fingerprint density at radius 3 is 2.51 bits per heavy atom. The van der Waals surface area contributed by atoms with Crippen molar-refractivity contribution in [1.82, 2.24) is 9.88 Å². The number of hydrogen-bond acceptors (Lipinski definition) is 7. The monoisotopic (exact) mass is 500 g/mol. The highest BCUT2D eigenvalue weighted by Crippen LogP contribution is 2.38. The number of para-hydroxylation sites is 1. The lowest BCUT2D eigenvalue weighted by Gasteiger charge is -2.22. The van der Waals surface area contributed by atoms with Crippen LogP contribution in [0.1, 0.15) is 69.4 Å². The number of carbonyl (C=O) groups excluding carboxylic acids is 4. The molecule has 0 saturated heterocycles. The normalized spacial score (nSPS) is 14.5. The summed E-state index contributed by atoms with van der Waals surface area (Å²) in [5.41, 5.74) is 1.40. The third kappa shape index (κ3) is 5.14. The molecule has 0 radical (unpaired) electrons. The second-order valence-electron chi connectivity index (χ2n) is 9.07. The minimum atomic E-state index is -1.28. The summed E-state index contributed by atoms with van der Waals surface area (Å²) in [5.74, 6) is -3.35. The van der Waals surface area contributed by atoms with E-state index < -0.39 is 23.5 Å². The number of aromatic nitrogens is 1. The first kappa shape index (κ1) is 25.8. The van der Waals surface area contributed by atoms with Crippen LogP contribution < -0.4 is 0 Å². The zero-order chi connectivity index (χ0) is 26.7. The molecule has 0 saturated carbocycles. The Kier molecular flexibility index (Phi) is 7.47. The van der Waals surface area contributed by atoms with Crippen molar-refractivity contribution in [3.63, 3.8) is 0 Å². The van der Waals surface area contributed by atoms with Crippen LogP contribution in [-0.4, -0.2) is 58.1 Å². The molecule has 1 heterocycles. The van der Waals surface area contributed by atoms with Crippen molar-refractivity contribution in [3.8, 4) is 5.75 Å². The predicted molar refractivity (Wildman–Crippen MR) is 138 cm³/mol. The van der Waals surface area contributed by atoms with Crippen LogP contribution in [0.15, 0.2) is 60.7 Å². The number of Topliss-reactive ketones (excluding diaryl/α,β-unsaturated/α-hetero) is 2. The number of ketones is 2. The lowest BCUT2D eigenvalue weighted by molar-refractivity contribution is -0.139. The largest absolute Gasteiger partial charge is 0.506 e. The quantitative estimate of drug-likeness (QED) is 0.262. The van der Waals surface area contributed by atoms with Gasteiger partial charge >= 0.3 is 5.97 Å². The Bertz CT molecular complexity index is 1430. The molecule has 0 fully saturated rings. The van der Waals surface area contributed by atoms with Crippen LogP contribution in [0.3, 0.4) is 0 Å². The summed E-state index contributed by atoms with van der Waals surface area (Å²) in [6, 6.07) is 13.0. The van der Waals surface area contributed by atoms with Crippen LogP contribution in [0.5, 0.6) is 5.75 Å². The highest BCUT2D eigenvalue weighted by atomic mass is 16.5. The maximum atomic E-state index is 13.4. The number of esters is 1. The maximum Gasteiger partial charge on any atom is 0.333 e. The van der Waals surface area contributed by atoms with E-state index in [0.29, 0.717) is 17.4 Å². The SMILES string of the molecule is C=C(C)C(=O)OCCN(CCCC)C(=O)c1ccc2c(c1)C(=O)C(c1nc3ccccc3cc1O)C2=O. The molecule has 1 N–H and O–H groups in total. The van der Waals surface area contributed by atoms with Gasteiger partial charge in [0.2, 0.25) is 0 Å². The van der Waals surface area contributed by atoms with E-state index in [0.717, 1.165) is 12.8 Å². The number of hydrogen-bond donors (Lipinski definition) is 1. The van der Waals surface area contributed by atoms with Gasteiger partial charge in [0.1, 0.15) is 24.0 Å². The summed E-state index contributed by atoms with van der Waals surface area (Å²) in [6.07, 6.45) is 1.61. The van der Waals surface area contributed by atoms with Crippen LogP contribution in [0.2, 0.25) is 0 Å². The molecule has 0 aliphatic heterocycles. The maximum absolute atomic E-state index is 13.4. The van der Waals surface area contributed by atoms with Crippen LogP contribution in [0.25, 0.3) is 10.9 Å². The van der Waals surface area contributed by atoms with Crippen molar-refractivity contribution in [2.24, 2.45) is 0 Å². The van der Waals surface area contributed by atoms with Crippen molar-refractivity contribution in [2.45, 2.75) is 32.6 Å². The molecular formula is C29H28N2O6. The number of rotatable bonds is 9. The smallest absolute Gasteiger partial charge is 0.333 e. The van der Waals surface area contributed by atoms with Gasteiger partial charge in [-0.2, -0.15) is 0 Å². The van der Waals surface area contributed by atoms with Gasteiger partial charge < -0.3 is 14.7 Å². The summed E-state index contributed by atoms with van der Waals surface area (Å²) in [6.45, 7) is 7.73. The average Bonchev–Trinajstić information content (AvgIpc) is 3.14. The molecule has 37 heavy (non-hydrogen) atoms. The summed E-state index contributed by atoms with van der Waals surface area (Å²) < 4.78 is 5.15. The van der Waals surface area contributed by atoms with Crippen LogP contribution in [0.4, 0.5) is 0 Å². The van der Waals surface area contributed by atoms with Gasteiger partial charge in [0.05, 0.1) is 12.1 Å². The fraction of sp³-hybridized carbons (Fsp3) is 0.276. The fourth-order valence-corrected chi connectivity index (χ4v) is 4.32. The second-order valence-corrected chi connectivity index (χ2v) is 9.07. The summed E-state index contributed by atoms with van der Waals surface area (Å²) in [4.78, 5) is 57.5. The molecule has 0 bridgehead atoms. The summed E-state index contributed by atoms with van der Waals surface area (Å²) in [7, 11) is 0. The number of carbonyl (C=O) groups is 4. The number of nitrogens with zero attached hydrogens (tertiary/aromatic N) is 2. The van der Waals surface area contributed by atoms with E-state index >= 15 is 0 Å². The molecule has 1 amide bonds. The summed E-state index contributed by atoms with van der Waals surface area (Å²) in [5, 5.41) is 11.3. The van der Waals surface area contributed by atoms with E-state index in [-0.39, 0.29) is 52.8 Å². The van der Waals surface area contributed by atoms with Gasteiger partial charge in [0, 0.05) is 34.2 Å². The molecule has 190 valence electrons. The molecule has 2 aromatic carbocycles. The van der Waals surface area contributed by atoms with E-state index in [9.17, 15) is 24.3 Å². The predicted octanol–water partition coefficient (Wildman–Crippen LogP) is 4.46. The zero-order valence-electron chi connectivity index (χ0n) is 20.8. The molecule has 1 aromatic heterocycles. The number of benzene rings is 2. The van der Waals surface area contributed by atoms with Crippen molar-refractivity contribution >= 4 is 34.3 Å². The molecule has 1 aliphatic carbocycles. The second kappa shape index (κ2) is 10.7. The van der Waals surface area contributed by atoms with Gasteiger partial charge in [0.25, 0.3) is 5.91 Å². The number of aromatic hydroxyl groups is 1. The molecule has 1 atom stereocenters. The van der Waals surface area contributed by atoms with Crippen molar-refractivity contribution < 1.29 is 29.0 Å². The Balaban J connectivity index is 1.60. The van der Waals surface area contributed by atoms with Crippen LogP contribution >= 0.6 is 0 Å². The Morgan fingerprint density at radius 2 is 1.78 bits per heavy atom. The third-order valence-corrected chi connectivity index (χ3v) is 6.34. The van der Waals surface area contributed by atoms with E-state index in [1.165, 1.54) is 24.3 Å². The van der Waals surface area contributed by atoms with E-state index in [4.69, 9.17) is 4.74 Å². The fourth-order valence-electron chi connectivity index (χ4n) is 4.32. The topological polar surface area (TPSA) is 114 Å². The Morgan fingerprint density at radius 1 is 1.05 bits per heavy atom. The lowest BCUT2D eigenvalue weighted by Crippen LogP contribution is -2.35. The molecule has 3 aromatic rings. The minimum absolute atomic E-state index is 0.00155. The molecule has 0 spiro atoms. The van der Waals surface area contributed by atoms with E-state index in [1.54, 1.807) is 36.1 Å². The van der Waals surface area contributed by atoms with Gasteiger partial charge in [-0.15, -0.1) is 0 Å². The van der Waals surface area contributed by atoms with E-state index in [2.05, 4.69) is 11.6 Å². The first-order valence-electron chi connectivity index (χ1n) is 12.2. The van der Waals surface area contributed by atoms with E-state index in [1.807, 2.05) is 6.92 Å². The molecule has 4 rings (SSSR count). The van der Waals surface area contributed by atoms with Crippen LogP contribution in [0, 0.1) is 0 Å². The van der Waals surface area contributed by atoms with Crippen LogP contribution in [-0.2, 0) is 9.53 Å². The molecule has 1 aliphatic rings. The standard InChI is InChI=1S/C29H28N2O6/c1-4-5-12-31(13-14-37-29(36)17(2)3)28(35)19-10-11-20-21(15-19)27(34)24(26(20)33)25-23(32)16-18-8-6-7-9-22(18)30-25/h6-11,15-16,24,32H,2,4-5,12-14H2,1,3H3. The van der Waals surface area contributed by atoms with Crippen molar-refractivity contribution in [1.29, 1.82) is 0 Å². The number of ether oxygens (including phenoxy) is 1. The van der Waals surface area contributed by atoms with Crippen molar-refractivity contribution in [2.75, 3.05) is 19.7 Å². The molecule has 8 nitrogen and oxygen atoms in total. The highest BCUT2D eigenvalue weighted by molar-refractivity contribution is 6.30. The minimum Gasteiger partial charge on any atom is -0.506 e. The first-order chi connectivity index (χ1) is 17.7. The molecule has 1 unspecified atom stereocenters. The van der Waals surface area contributed by atoms with Gasteiger partial charge in [-0.25, -0.2) is 9.78 Å². The summed E-state index contributed by atoms with van der Waals surface area (Å²) >= 11 is 0.